The first kappa shape index (κ1) is 16.6. The van der Waals surface area contributed by atoms with Crippen LogP contribution >= 0.6 is 11.8 Å². The normalized spacial score (nSPS) is 17.2. The Morgan fingerprint density at radius 1 is 1.38 bits per heavy atom. The lowest BCUT2D eigenvalue weighted by molar-refractivity contribution is 0.307. The van der Waals surface area contributed by atoms with Crippen molar-refractivity contribution in [3.8, 4) is 0 Å². The van der Waals surface area contributed by atoms with Crippen molar-refractivity contribution in [2.24, 2.45) is 0 Å². The van der Waals surface area contributed by atoms with Gasteiger partial charge in [0.1, 0.15) is 4.90 Å². The minimum absolute atomic E-state index is 0.0605. The molecule has 1 aliphatic rings. The van der Waals surface area contributed by atoms with Gasteiger partial charge in [-0.3, -0.25) is 4.68 Å². The smallest absolute Gasteiger partial charge is 0.245 e. The molecule has 3 N–H and O–H groups in total. The average Bonchev–Trinajstić information content (AvgIpc) is 2.82. The second-order valence-electron chi connectivity index (χ2n) is 4.99. The average molecular weight is 333 g/mol. The van der Waals surface area contributed by atoms with Crippen molar-refractivity contribution in [1.29, 1.82) is 0 Å². The number of nitrogens with one attached hydrogen (secondary N) is 1. The Balaban J connectivity index is 1.91. The minimum atomic E-state index is -3.58. The van der Waals surface area contributed by atoms with Crippen molar-refractivity contribution >= 4 is 27.6 Å². The topological polar surface area (TPSA) is 93.2 Å². The van der Waals surface area contributed by atoms with E-state index in [1.807, 2.05) is 18.7 Å². The maximum atomic E-state index is 12.2. The summed E-state index contributed by atoms with van der Waals surface area (Å²) in [6.45, 7) is 5.81. The van der Waals surface area contributed by atoms with Crippen LogP contribution in [0.25, 0.3) is 0 Å². The lowest BCUT2D eigenvalue weighted by Gasteiger charge is -2.25. The Kier molecular flexibility index (Phi) is 5.91. The van der Waals surface area contributed by atoms with Crippen LogP contribution in [0.2, 0.25) is 0 Å². The predicted octanol–water partition coefficient (Wildman–Crippen LogP) is 0.202. The second-order valence-corrected chi connectivity index (χ2v) is 7.95. The highest BCUT2D eigenvalue weighted by Gasteiger charge is 2.21. The van der Waals surface area contributed by atoms with Crippen LogP contribution in [-0.4, -0.2) is 60.8 Å². The molecule has 0 spiro atoms. The third-order valence-electron chi connectivity index (χ3n) is 3.32. The molecule has 21 heavy (non-hydrogen) atoms. The molecular weight excluding hydrogens is 310 g/mol. The van der Waals surface area contributed by atoms with Crippen LogP contribution in [0.15, 0.2) is 11.1 Å². The summed E-state index contributed by atoms with van der Waals surface area (Å²) in [4.78, 5) is 2.34. The molecule has 2 heterocycles. The Bertz CT molecular complexity index is 552. The zero-order chi connectivity index (χ0) is 15.3. The summed E-state index contributed by atoms with van der Waals surface area (Å²) in [7, 11) is -3.58. The largest absolute Gasteiger partial charge is 0.381 e. The van der Waals surface area contributed by atoms with Crippen molar-refractivity contribution in [2.45, 2.75) is 24.8 Å². The number of hydrogen-bond acceptors (Lipinski definition) is 6. The highest BCUT2D eigenvalue weighted by molar-refractivity contribution is 7.99. The van der Waals surface area contributed by atoms with Crippen molar-refractivity contribution in [3.63, 3.8) is 0 Å². The van der Waals surface area contributed by atoms with Gasteiger partial charge in [-0.1, -0.05) is 6.92 Å². The van der Waals surface area contributed by atoms with Crippen LogP contribution in [0.4, 0.5) is 5.82 Å². The first-order valence-corrected chi connectivity index (χ1v) is 9.79. The first-order chi connectivity index (χ1) is 10.0. The van der Waals surface area contributed by atoms with Gasteiger partial charge in [-0.2, -0.15) is 16.9 Å². The van der Waals surface area contributed by atoms with E-state index in [2.05, 4.69) is 14.7 Å². The fourth-order valence-electron chi connectivity index (χ4n) is 2.21. The van der Waals surface area contributed by atoms with E-state index in [1.165, 1.54) is 6.20 Å². The predicted molar refractivity (Wildman–Crippen MR) is 85.9 cm³/mol. The van der Waals surface area contributed by atoms with Crippen molar-refractivity contribution in [1.82, 2.24) is 19.4 Å². The fraction of sp³-hybridized carbons (Fsp3) is 0.750. The summed E-state index contributed by atoms with van der Waals surface area (Å²) in [5, 5.41) is 4.03. The summed E-state index contributed by atoms with van der Waals surface area (Å²) in [6.07, 6.45) is 2.37. The van der Waals surface area contributed by atoms with Crippen LogP contribution in [-0.2, 0) is 16.6 Å². The molecule has 0 saturated carbocycles. The van der Waals surface area contributed by atoms with E-state index in [0.717, 1.165) is 37.6 Å². The van der Waals surface area contributed by atoms with Gasteiger partial charge < -0.3 is 10.6 Å². The lowest BCUT2D eigenvalue weighted by Crippen LogP contribution is -2.39. The quantitative estimate of drug-likeness (QED) is 0.740. The number of rotatable bonds is 7. The van der Waals surface area contributed by atoms with Crippen LogP contribution < -0.4 is 10.5 Å². The molecule has 9 heteroatoms. The number of aromatic nitrogens is 2. The number of anilines is 1. The fourth-order valence-corrected chi connectivity index (χ4v) is 4.28. The van der Waals surface area contributed by atoms with Crippen molar-refractivity contribution in [2.75, 3.05) is 43.4 Å². The summed E-state index contributed by atoms with van der Waals surface area (Å²) < 4.78 is 28.7. The van der Waals surface area contributed by atoms with Gasteiger partial charge in [0, 0.05) is 50.4 Å². The first-order valence-electron chi connectivity index (χ1n) is 7.15. The molecular formula is C12H23N5O2S2. The number of sulfonamides is 1. The maximum Gasteiger partial charge on any atom is 0.245 e. The molecule has 1 aromatic rings. The van der Waals surface area contributed by atoms with E-state index in [4.69, 9.17) is 5.73 Å². The van der Waals surface area contributed by atoms with E-state index >= 15 is 0 Å². The molecule has 7 nitrogen and oxygen atoms in total. The number of nitrogen functional groups attached to an aromatic ring is 1. The number of nitrogens with zero attached hydrogens (tertiary/aromatic N) is 3. The van der Waals surface area contributed by atoms with Crippen LogP contribution in [0.3, 0.4) is 0 Å². The third kappa shape index (κ3) is 4.60. The Labute approximate surface area is 130 Å². The monoisotopic (exact) mass is 333 g/mol. The minimum Gasteiger partial charge on any atom is -0.381 e. The number of aryl methyl sites for hydroxylation is 1. The number of hydrogen-bond donors (Lipinski definition) is 2. The highest BCUT2D eigenvalue weighted by atomic mass is 32.2. The highest BCUT2D eigenvalue weighted by Crippen LogP contribution is 2.16. The number of nitrogens with two attached hydrogens (primary N) is 1. The van der Waals surface area contributed by atoms with E-state index in [9.17, 15) is 8.42 Å². The number of thioether (sulfide) groups is 1. The molecule has 1 aliphatic heterocycles. The van der Waals surface area contributed by atoms with Crippen LogP contribution in [0.5, 0.6) is 0 Å². The third-order valence-corrected chi connectivity index (χ3v) is 5.74. The van der Waals surface area contributed by atoms with Gasteiger partial charge in [-0.25, -0.2) is 13.1 Å². The molecule has 1 saturated heterocycles. The maximum absolute atomic E-state index is 12.2. The molecule has 0 aromatic carbocycles. The van der Waals surface area contributed by atoms with Crippen molar-refractivity contribution in [3.05, 3.63) is 6.20 Å². The summed E-state index contributed by atoms with van der Waals surface area (Å²) >= 11 is 1.94. The molecule has 0 atom stereocenters. The van der Waals surface area contributed by atoms with Gasteiger partial charge >= 0.3 is 0 Å². The molecule has 0 aliphatic carbocycles. The molecule has 0 radical (unpaired) electrons. The molecule has 0 unspecified atom stereocenters. The zero-order valence-electron chi connectivity index (χ0n) is 12.3. The molecule has 120 valence electrons. The molecule has 1 fully saturated rings. The standard InChI is InChI=1S/C12H23N5O2S2/c1-2-4-17-10-11(12(13)15-17)21(18,19)14-3-5-16-6-8-20-9-7-16/h10,14H,2-9H2,1H3,(H2,13,15). The van der Waals surface area contributed by atoms with E-state index in [-0.39, 0.29) is 10.7 Å². The Morgan fingerprint density at radius 3 is 2.76 bits per heavy atom. The lowest BCUT2D eigenvalue weighted by atomic mass is 10.5. The van der Waals surface area contributed by atoms with E-state index in [0.29, 0.717) is 13.1 Å². The molecule has 0 amide bonds. The SMILES string of the molecule is CCCn1cc(S(=O)(=O)NCCN2CCSCC2)c(N)n1. The van der Waals surface area contributed by atoms with Crippen LogP contribution in [0, 0.1) is 0 Å². The van der Waals surface area contributed by atoms with Crippen molar-refractivity contribution < 1.29 is 8.42 Å². The van der Waals surface area contributed by atoms with Gasteiger partial charge in [0.2, 0.25) is 10.0 Å². The molecule has 2 rings (SSSR count). The van der Waals surface area contributed by atoms with Gasteiger partial charge in [-0.05, 0) is 6.42 Å². The van der Waals surface area contributed by atoms with Gasteiger partial charge in [-0.15, -0.1) is 0 Å². The van der Waals surface area contributed by atoms with Gasteiger partial charge in [0.05, 0.1) is 0 Å². The summed E-state index contributed by atoms with van der Waals surface area (Å²) in [6, 6.07) is 0. The molecule has 1 aromatic heterocycles. The second kappa shape index (κ2) is 7.48. The molecule has 0 bridgehead atoms. The van der Waals surface area contributed by atoms with Gasteiger partial charge in [0.15, 0.2) is 5.82 Å². The van der Waals surface area contributed by atoms with E-state index in [1.54, 1.807) is 4.68 Å². The zero-order valence-corrected chi connectivity index (χ0v) is 13.9. The summed E-state index contributed by atoms with van der Waals surface area (Å²) in [5.74, 6) is 2.29. The van der Waals surface area contributed by atoms with E-state index < -0.39 is 10.0 Å². The van der Waals surface area contributed by atoms with Crippen LogP contribution in [0.1, 0.15) is 13.3 Å². The Morgan fingerprint density at radius 2 is 2.10 bits per heavy atom. The summed E-state index contributed by atoms with van der Waals surface area (Å²) in [5.41, 5.74) is 5.71. The Hall–Kier alpha value is -0.770. The van der Waals surface area contributed by atoms with Gasteiger partial charge in [0.25, 0.3) is 0 Å².